The molecule has 1 rings (SSSR count). The number of hydrogen-bond acceptors (Lipinski definition) is 2. The Morgan fingerprint density at radius 1 is 1.45 bits per heavy atom. The molecule has 0 fully saturated rings. The largest absolute Gasteiger partial charge is 0.481 e. The predicted molar refractivity (Wildman–Crippen MR) is 75.0 cm³/mol. The van der Waals surface area contributed by atoms with Crippen molar-refractivity contribution in [1.29, 1.82) is 0 Å². The van der Waals surface area contributed by atoms with Crippen molar-refractivity contribution in [2.45, 2.75) is 13.3 Å². The minimum atomic E-state index is -0.975. The zero-order valence-electron chi connectivity index (χ0n) is 11.0. The smallest absolute Gasteiger partial charge is 0.305 e. The van der Waals surface area contributed by atoms with Crippen LogP contribution in [0.1, 0.15) is 18.9 Å². The van der Waals surface area contributed by atoms with E-state index in [0.717, 1.165) is 0 Å². The molecule has 0 aromatic heterocycles. The van der Waals surface area contributed by atoms with Crippen LogP contribution in [0.15, 0.2) is 24.3 Å². The van der Waals surface area contributed by atoms with Crippen LogP contribution < -0.4 is 0 Å². The van der Waals surface area contributed by atoms with Crippen molar-refractivity contribution < 1.29 is 19.1 Å². The summed E-state index contributed by atoms with van der Waals surface area (Å²) in [6, 6.07) is 4.25. The maximum atomic E-state index is 13.5. The van der Waals surface area contributed by atoms with Crippen LogP contribution in [-0.4, -0.2) is 35.0 Å². The molecule has 0 aliphatic carbocycles. The van der Waals surface area contributed by atoms with Crippen molar-refractivity contribution in [3.8, 4) is 0 Å². The molecule has 0 spiro atoms. The quantitative estimate of drug-likeness (QED) is 0.822. The van der Waals surface area contributed by atoms with Crippen LogP contribution in [0, 0.1) is 5.82 Å². The fraction of sp³-hybridized carbons (Fsp3) is 0.286. The number of carboxylic acid groups (broad SMARTS) is 1. The van der Waals surface area contributed by atoms with E-state index in [-0.39, 0.29) is 29.5 Å². The second-order valence-electron chi connectivity index (χ2n) is 4.03. The van der Waals surface area contributed by atoms with Crippen molar-refractivity contribution in [3.63, 3.8) is 0 Å². The standard InChI is InChI=1S/C14H15ClFNO3/c1-2-17(9-8-14(19)20)13(18)7-6-10-11(15)4-3-5-12(10)16/h3-7H,2,8-9H2,1H3,(H,19,20)/b7-6+. The van der Waals surface area contributed by atoms with E-state index in [2.05, 4.69) is 0 Å². The number of carbonyl (C=O) groups is 2. The number of likely N-dealkylation sites (N-methyl/N-ethyl adjacent to an activating group) is 1. The number of carboxylic acids is 1. The van der Waals surface area contributed by atoms with Crippen molar-refractivity contribution in [1.82, 2.24) is 4.90 Å². The van der Waals surface area contributed by atoms with E-state index in [1.807, 2.05) is 0 Å². The molecule has 6 heteroatoms. The summed E-state index contributed by atoms with van der Waals surface area (Å²) in [7, 11) is 0. The van der Waals surface area contributed by atoms with E-state index in [4.69, 9.17) is 16.7 Å². The lowest BCUT2D eigenvalue weighted by molar-refractivity contribution is -0.137. The summed E-state index contributed by atoms with van der Waals surface area (Å²) in [4.78, 5) is 23.7. The van der Waals surface area contributed by atoms with E-state index < -0.39 is 11.8 Å². The molecule has 1 aromatic carbocycles. The minimum Gasteiger partial charge on any atom is -0.481 e. The highest BCUT2D eigenvalue weighted by Gasteiger charge is 2.11. The van der Waals surface area contributed by atoms with Gasteiger partial charge in [-0.3, -0.25) is 9.59 Å². The zero-order valence-corrected chi connectivity index (χ0v) is 11.7. The first-order chi connectivity index (χ1) is 9.45. The van der Waals surface area contributed by atoms with E-state index in [0.29, 0.717) is 6.54 Å². The van der Waals surface area contributed by atoms with Gasteiger partial charge in [-0.15, -0.1) is 0 Å². The Labute approximate surface area is 121 Å². The zero-order chi connectivity index (χ0) is 15.1. The molecule has 0 unspecified atom stereocenters. The Hall–Kier alpha value is -1.88. The van der Waals surface area contributed by atoms with Gasteiger partial charge in [0.15, 0.2) is 0 Å². The summed E-state index contributed by atoms with van der Waals surface area (Å²) >= 11 is 5.84. The minimum absolute atomic E-state index is 0.111. The number of halogens is 2. The van der Waals surface area contributed by atoms with Gasteiger partial charge in [0.05, 0.1) is 11.4 Å². The molecule has 0 atom stereocenters. The number of nitrogens with zero attached hydrogens (tertiary/aromatic N) is 1. The summed E-state index contributed by atoms with van der Waals surface area (Å²) in [5, 5.41) is 8.81. The summed E-state index contributed by atoms with van der Waals surface area (Å²) in [5.74, 6) is -1.87. The molecule has 0 saturated heterocycles. The van der Waals surface area contributed by atoms with Gasteiger partial charge >= 0.3 is 5.97 Å². The van der Waals surface area contributed by atoms with E-state index >= 15 is 0 Å². The molecule has 1 amide bonds. The third-order valence-corrected chi connectivity index (χ3v) is 3.01. The van der Waals surface area contributed by atoms with Crippen LogP contribution in [-0.2, 0) is 9.59 Å². The van der Waals surface area contributed by atoms with Gasteiger partial charge in [-0.05, 0) is 25.1 Å². The summed E-state index contributed by atoms with van der Waals surface area (Å²) in [5.41, 5.74) is 0.136. The number of rotatable bonds is 6. The molecule has 1 N–H and O–H groups in total. The lowest BCUT2D eigenvalue weighted by Gasteiger charge is -2.17. The fourth-order valence-electron chi connectivity index (χ4n) is 1.58. The van der Waals surface area contributed by atoms with Crippen LogP contribution >= 0.6 is 11.6 Å². The van der Waals surface area contributed by atoms with Gasteiger partial charge in [0.25, 0.3) is 0 Å². The lowest BCUT2D eigenvalue weighted by Crippen LogP contribution is -2.31. The molecule has 1 aromatic rings. The maximum absolute atomic E-state index is 13.5. The molecule has 0 radical (unpaired) electrons. The molecule has 0 saturated carbocycles. The van der Waals surface area contributed by atoms with Crippen LogP contribution in [0.5, 0.6) is 0 Å². The number of aliphatic carboxylic acids is 1. The maximum Gasteiger partial charge on any atom is 0.305 e. The van der Waals surface area contributed by atoms with E-state index in [1.54, 1.807) is 6.92 Å². The van der Waals surface area contributed by atoms with Crippen LogP contribution in [0.4, 0.5) is 4.39 Å². The third-order valence-electron chi connectivity index (χ3n) is 2.68. The van der Waals surface area contributed by atoms with Gasteiger partial charge in [0.1, 0.15) is 5.82 Å². The first-order valence-corrected chi connectivity index (χ1v) is 6.46. The summed E-state index contributed by atoms with van der Waals surface area (Å²) in [6.07, 6.45) is 2.35. The highest BCUT2D eigenvalue weighted by Crippen LogP contribution is 2.20. The first kappa shape index (κ1) is 16.2. The van der Waals surface area contributed by atoms with Gasteiger partial charge in [0.2, 0.25) is 5.91 Å². The number of amides is 1. The summed E-state index contributed by atoms with van der Waals surface area (Å²) in [6.45, 7) is 2.23. The Morgan fingerprint density at radius 2 is 2.15 bits per heavy atom. The first-order valence-electron chi connectivity index (χ1n) is 6.08. The average molecular weight is 300 g/mol. The predicted octanol–water partition coefficient (Wildman–Crippen LogP) is 2.82. The Kier molecular flexibility index (Phi) is 6.18. The van der Waals surface area contributed by atoms with Crippen LogP contribution in [0.25, 0.3) is 6.08 Å². The molecular weight excluding hydrogens is 285 g/mol. The second kappa shape index (κ2) is 7.65. The molecule has 20 heavy (non-hydrogen) atoms. The van der Waals surface area contributed by atoms with Gasteiger partial charge in [-0.1, -0.05) is 17.7 Å². The lowest BCUT2D eigenvalue weighted by atomic mass is 10.2. The monoisotopic (exact) mass is 299 g/mol. The number of hydrogen-bond donors (Lipinski definition) is 1. The second-order valence-corrected chi connectivity index (χ2v) is 4.44. The molecule has 108 valence electrons. The molecular formula is C14H15ClFNO3. The Bertz CT molecular complexity index is 511. The highest BCUT2D eigenvalue weighted by molar-refractivity contribution is 6.32. The van der Waals surface area contributed by atoms with E-state index in [9.17, 15) is 14.0 Å². The van der Waals surface area contributed by atoms with Crippen LogP contribution in [0.3, 0.4) is 0 Å². The van der Waals surface area contributed by atoms with Crippen molar-refractivity contribution in [2.75, 3.05) is 13.1 Å². The topological polar surface area (TPSA) is 57.6 Å². The fourth-order valence-corrected chi connectivity index (χ4v) is 1.81. The SMILES string of the molecule is CCN(CCC(=O)O)C(=O)/C=C/c1c(F)cccc1Cl. The van der Waals surface area contributed by atoms with Gasteiger partial charge in [0, 0.05) is 24.7 Å². The molecule has 0 aliphatic rings. The Balaban J connectivity index is 2.77. The molecule has 0 bridgehead atoms. The van der Waals surface area contributed by atoms with Gasteiger partial charge in [-0.25, -0.2) is 4.39 Å². The van der Waals surface area contributed by atoms with Crippen molar-refractivity contribution in [3.05, 3.63) is 40.7 Å². The molecule has 0 heterocycles. The number of carbonyl (C=O) groups excluding carboxylic acids is 1. The Morgan fingerprint density at radius 3 is 2.70 bits per heavy atom. The molecule has 0 aliphatic heterocycles. The van der Waals surface area contributed by atoms with Crippen LogP contribution in [0.2, 0.25) is 5.02 Å². The normalized spacial score (nSPS) is 10.8. The number of benzene rings is 1. The van der Waals surface area contributed by atoms with Crippen molar-refractivity contribution in [2.24, 2.45) is 0 Å². The highest BCUT2D eigenvalue weighted by atomic mass is 35.5. The van der Waals surface area contributed by atoms with Gasteiger partial charge < -0.3 is 10.0 Å². The summed E-state index contributed by atoms with van der Waals surface area (Å²) < 4.78 is 13.5. The van der Waals surface area contributed by atoms with Gasteiger partial charge in [-0.2, -0.15) is 0 Å². The average Bonchev–Trinajstić information content (AvgIpc) is 2.38. The molecule has 4 nitrogen and oxygen atoms in total. The van der Waals surface area contributed by atoms with Crippen molar-refractivity contribution >= 4 is 29.6 Å². The van der Waals surface area contributed by atoms with E-state index in [1.165, 1.54) is 35.3 Å². The third kappa shape index (κ3) is 4.66.